The van der Waals surface area contributed by atoms with Crippen LogP contribution in [0.1, 0.15) is 30.0 Å². The third-order valence-electron chi connectivity index (χ3n) is 2.63. The number of nitrogens with zero attached hydrogens (tertiary/aromatic N) is 3. The Hall–Kier alpha value is -1.48. The predicted molar refractivity (Wildman–Crippen MR) is 66.6 cm³/mol. The number of ether oxygens (including phenoxy) is 1. The molecule has 0 atom stereocenters. The van der Waals surface area contributed by atoms with E-state index in [1.165, 1.54) is 11.8 Å². The number of aromatic nitrogens is 3. The summed E-state index contributed by atoms with van der Waals surface area (Å²) >= 11 is 0. The second kappa shape index (κ2) is 6.11. The highest BCUT2D eigenvalue weighted by Crippen LogP contribution is 2.09. The number of sulfone groups is 1. The van der Waals surface area contributed by atoms with Crippen molar-refractivity contribution in [2.45, 2.75) is 32.2 Å². The Labute approximate surface area is 111 Å². The summed E-state index contributed by atoms with van der Waals surface area (Å²) in [6, 6.07) is 0. The molecule has 0 aliphatic rings. The molecule has 1 heterocycles. The van der Waals surface area contributed by atoms with Gasteiger partial charge in [0.2, 0.25) is 0 Å². The molecule has 108 valence electrons. The Kier molecular flexibility index (Phi) is 5.01. The molecule has 0 saturated carbocycles. The van der Waals surface area contributed by atoms with Crippen LogP contribution in [0.3, 0.4) is 0 Å². The van der Waals surface area contributed by atoms with Crippen LogP contribution in [0.2, 0.25) is 0 Å². The Morgan fingerprint density at radius 1 is 1.47 bits per heavy atom. The van der Waals surface area contributed by atoms with Crippen LogP contribution in [0.5, 0.6) is 0 Å². The average Bonchev–Trinajstić information content (AvgIpc) is 2.70. The molecule has 1 aromatic rings. The lowest BCUT2D eigenvalue weighted by Crippen LogP contribution is -2.22. The molecule has 0 bridgehead atoms. The summed E-state index contributed by atoms with van der Waals surface area (Å²) in [5, 5.41) is 15.6. The topological polar surface area (TPSA) is 111 Å². The first kappa shape index (κ1) is 15.6. The number of methoxy groups -OCH3 is 1. The summed E-state index contributed by atoms with van der Waals surface area (Å²) in [4.78, 5) is 10.9. The lowest BCUT2D eigenvalue weighted by molar-refractivity contribution is 0.0684. The fourth-order valence-corrected chi connectivity index (χ4v) is 2.31. The van der Waals surface area contributed by atoms with E-state index in [-0.39, 0.29) is 30.3 Å². The zero-order valence-corrected chi connectivity index (χ0v) is 11.8. The lowest BCUT2D eigenvalue weighted by Gasteiger charge is -2.09. The first-order valence-corrected chi connectivity index (χ1v) is 7.37. The van der Waals surface area contributed by atoms with Gasteiger partial charge in [0.05, 0.1) is 29.8 Å². The number of hydrogen-bond acceptors (Lipinski definition) is 6. The Morgan fingerprint density at radius 3 is 2.58 bits per heavy atom. The molecule has 8 nitrogen and oxygen atoms in total. The van der Waals surface area contributed by atoms with Crippen LogP contribution in [0, 0.1) is 0 Å². The van der Waals surface area contributed by atoms with Gasteiger partial charge in [-0.15, -0.1) is 5.10 Å². The van der Waals surface area contributed by atoms with Gasteiger partial charge in [-0.25, -0.2) is 17.9 Å². The number of rotatable bonds is 7. The van der Waals surface area contributed by atoms with E-state index in [1.54, 1.807) is 13.8 Å². The minimum absolute atomic E-state index is 0.0103. The molecule has 1 rings (SSSR count). The molecule has 9 heteroatoms. The van der Waals surface area contributed by atoms with Crippen molar-refractivity contribution in [2.24, 2.45) is 0 Å². The number of carboxylic acid groups (broad SMARTS) is 1. The summed E-state index contributed by atoms with van der Waals surface area (Å²) in [6.07, 6.45) is 0. The molecule has 19 heavy (non-hydrogen) atoms. The van der Waals surface area contributed by atoms with Crippen molar-refractivity contribution >= 4 is 15.8 Å². The summed E-state index contributed by atoms with van der Waals surface area (Å²) in [6.45, 7) is 3.25. The highest BCUT2D eigenvalue weighted by atomic mass is 32.2. The van der Waals surface area contributed by atoms with Crippen LogP contribution in [0.4, 0.5) is 0 Å². The lowest BCUT2D eigenvalue weighted by atomic mass is 10.3. The average molecular weight is 291 g/mol. The molecule has 0 saturated heterocycles. The van der Waals surface area contributed by atoms with E-state index >= 15 is 0 Å². The van der Waals surface area contributed by atoms with Crippen LogP contribution < -0.4 is 0 Å². The number of hydrogen-bond donors (Lipinski definition) is 1. The van der Waals surface area contributed by atoms with Gasteiger partial charge in [0.25, 0.3) is 0 Å². The molecule has 1 aromatic heterocycles. The van der Waals surface area contributed by atoms with Crippen LogP contribution in [-0.2, 0) is 27.7 Å². The highest BCUT2D eigenvalue weighted by molar-refractivity contribution is 7.91. The van der Waals surface area contributed by atoms with Gasteiger partial charge < -0.3 is 9.84 Å². The monoisotopic (exact) mass is 291 g/mol. The Morgan fingerprint density at radius 2 is 2.11 bits per heavy atom. The molecule has 0 fully saturated rings. The van der Waals surface area contributed by atoms with E-state index in [0.717, 1.165) is 0 Å². The number of carbonyl (C=O) groups is 1. The maximum Gasteiger partial charge on any atom is 0.358 e. The zero-order chi connectivity index (χ0) is 14.6. The summed E-state index contributed by atoms with van der Waals surface area (Å²) < 4.78 is 29.5. The second-order valence-electron chi connectivity index (χ2n) is 4.26. The fraction of sp³-hybridized carbons (Fsp3) is 0.700. The molecule has 0 amide bonds. The van der Waals surface area contributed by atoms with Crippen LogP contribution >= 0.6 is 0 Å². The number of aromatic carboxylic acids is 1. The normalized spacial score (nSPS) is 12.0. The van der Waals surface area contributed by atoms with Crippen molar-refractivity contribution in [2.75, 3.05) is 12.9 Å². The van der Waals surface area contributed by atoms with Gasteiger partial charge in [-0.3, -0.25) is 0 Å². The predicted octanol–water partition coefficient (Wildman–Crippen LogP) is -0.0541. The van der Waals surface area contributed by atoms with Crippen molar-refractivity contribution in [3.05, 3.63) is 11.4 Å². The molecule has 1 N–H and O–H groups in total. The number of aryl methyl sites for hydroxylation is 1. The maximum absolute atomic E-state index is 11.7. The first-order valence-electron chi connectivity index (χ1n) is 5.65. The van der Waals surface area contributed by atoms with Gasteiger partial charge in [0.15, 0.2) is 15.5 Å². The zero-order valence-electron chi connectivity index (χ0n) is 11.0. The molecule has 0 aromatic carbocycles. The first-order chi connectivity index (χ1) is 8.79. The molecule has 0 radical (unpaired) electrons. The van der Waals surface area contributed by atoms with E-state index in [2.05, 4.69) is 10.3 Å². The summed E-state index contributed by atoms with van der Waals surface area (Å²) in [5.41, 5.74) is 0.0396. The SMILES string of the molecule is COCc1c(C(=O)O)nnn1CCS(=O)(=O)C(C)C. The van der Waals surface area contributed by atoms with E-state index in [1.807, 2.05) is 0 Å². The molecular weight excluding hydrogens is 274 g/mol. The number of carboxylic acids is 1. The second-order valence-corrected chi connectivity index (χ2v) is 6.94. The van der Waals surface area contributed by atoms with Gasteiger partial charge in [-0.05, 0) is 13.8 Å². The molecular formula is C10H17N3O5S. The smallest absolute Gasteiger partial charge is 0.358 e. The largest absolute Gasteiger partial charge is 0.476 e. The minimum atomic E-state index is -3.22. The van der Waals surface area contributed by atoms with Crippen molar-refractivity contribution in [3.8, 4) is 0 Å². The van der Waals surface area contributed by atoms with Crippen LogP contribution in [-0.4, -0.2) is 52.6 Å². The van der Waals surface area contributed by atoms with Gasteiger partial charge in [0.1, 0.15) is 0 Å². The van der Waals surface area contributed by atoms with Crippen molar-refractivity contribution in [1.29, 1.82) is 0 Å². The minimum Gasteiger partial charge on any atom is -0.476 e. The molecule has 0 spiro atoms. The fourth-order valence-electron chi connectivity index (χ4n) is 1.41. The van der Waals surface area contributed by atoms with E-state index in [9.17, 15) is 13.2 Å². The maximum atomic E-state index is 11.7. The molecule has 0 aliphatic carbocycles. The standard InChI is InChI=1S/C10H17N3O5S/c1-7(2)19(16,17)5-4-13-8(6-18-3)9(10(14)15)11-12-13/h7H,4-6H2,1-3H3,(H,14,15). The summed E-state index contributed by atoms with van der Waals surface area (Å²) in [5.74, 6) is -1.34. The quantitative estimate of drug-likeness (QED) is 0.749. The van der Waals surface area contributed by atoms with Crippen molar-refractivity contribution in [1.82, 2.24) is 15.0 Å². The Balaban J connectivity index is 2.93. The van der Waals surface area contributed by atoms with E-state index in [4.69, 9.17) is 9.84 Å². The summed E-state index contributed by atoms with van der Waals surface area (Å²) in [7, 11) is -1.81. The highest BCUT2D eigenvalue weighted by Gasteiger charge is 2.21. The van der Waals surface area contributed by atoms with Crippen molar-refractivity contribution in [3.63, 3.8) is 0 Å². The van der Waals surface area contributed by atoms with E-state index in [0.29, 0.717) is 0 Å². The van der Waals surface area contributed by atoms with Gasteiger partial charge >= 0.3 is 5.97 Å². The molecule has 0 aliphatic heterocycles. The Bertz CT molecular complexity index is 550. The third-order valence-corrected chi connectivity index (χ3v) is 4.82. The molecule has 0 unspecified atom stereocenters. The van der Waals surface area contributed by atoms with Crippen LogP contribution in [0.25, 0.3) is 0 Å². The van der Waals surface area contributed by atoms with Crippen molar-refractivity contribution < 1.29 is 23.1 Å². The third kappa shape index (κ3) is 3.74. The van der Waals surface area contributed by atoms with Gasteiger partial charge in [-0.2, -0.15) is 0 Å². The van der Waals surface area contributed by atoms with Gasteiger partial charge in [-0.1, -0.05) is 5.21 Å². The van der Waals surface area contributed by atoms with Gasteiger partial charge in [0, 0.05) is 7.11 Å². The van der Waals surface area contributed by atoms with E-state index < -0.39 is 21.1 Å². The van der Waals surface area contributed by atoms with Crippen LogP contribution in [0.15, 0.2) is 0 Å².